The van der Waals surface area contributed by atoms with E-state index in [0.717, 1.165) is 98.8 Å². The van der Waals surface area contributed by atoms with Gasteiger partial charge in [-0.3, -0.25) is 0 Å². The van der Waals surface area contributed by atoms with E-state index in [9.17, 15) is 21.0 Å². The van der Waals surface area contributed by atoms with E-state index in [4.69, 9.17) is 0 Å². The maximum Gasteiger partial charge on any atom is 0.0991 e. The lowest BCUT2D eigenvalue weighted by Crippen LogP contribution is -1.98. The van der Waals surface area contributed by atoms with Crippen LogP contribution in [0, 0.1) is 45.3 Å². The molecule has 0 amide bonds. The lowest BCUT2D eigenvalue weighted by molar-refractivity contribution is 1.18. The van der Waals surface area contributed by atoms with E-state index in [-0.39, 0.29) is 0 Å². The molecule has 0 aliphatic rings. The maximum absolute atomic E-state index is 9.83. The van der Waals surface area contributed by atoms with Crippen molar-refractivity contribution in [2.75, 3.05) is 0 Å². The van der Waals surface area contributed by atoms with Crippen molar-refractivity contribution in [1.82, 2.24) is 9.13 Å². The van der Waals surface area contributed by atoms with Crippen molar-refractivity contribution < 1.29 is 0 Å². The molecule has 274 valence electrons. The minimum atomic E-state index is 0.562. The zero-order chi connectivity index (χ0) is 40.5. The average Bonchev–Trinajstić information content (AvgIpc) is 3.81. The molecule has 2 aromatic heterocycles. The quantitative estimate of drug-likeness (QED) is 0.167. The van der Waals surface area contributed by atoms with Crippen molar-refractivity contribution in [3.63, 3.8) is 0 Å². The summed E-state index contributed by atoms with van der Waals surface area (Å²) in [5, 5.41) is 47.3. The summed E-state index contributed by atoms with van der Waals surface area (Å²) in [5.41, 5.74) is 12.3. The molecule has 0 saturated carbocycles. The molecule has 0 spiro atoms. The van der Waals surface area contributed by atoms with Gasteiger partial charge in [-0.1, -0.05) is 72.8 Å². The summed E-state index contributed by atoms with van der Waals surface area (Å²) in [6.07, 6.45) is 0. The summed E-state index contributed by atoms with van der Waals surface area (Å²) in [6, 6.07) is 66.5. The third kappa shape index (κ3) is 5.10. The van der Waals surface area contributed by atoms with Crippen LogP contribution in [0.2, 0.25) is 0 Å². The first-order valence-electron chi connectivity index (χ1n) is 19.5. The first-order valence-corrected chi connectivity index (χ1v) is 19.5. The zero-order valence-electron chi connectivity index (χ0n) is 31.8. The molecule has 60 heavy (non-hydrogen) atoms. The highest BCUT2D eigenvalue weighted by Gasteiger charge is 2.22. The standard InChI is InChI=1S/C54H28N6/c55-29-33-11-19-49-43(23-33)44-24-34(30-56)12-20-50(44)59(49)39-16-18-42-47(27-39)53(37-7-3-1-4-8-37)41-17-15-40(28-48(41)54(42)38-9-5-2-6-10-38)60-51-21-13-35(31-57)25-45(51)46-26-36(32-58)14-22-52(46)60/h1-28H. The minimum Gasteiger partial charge on any atom is -0.309 e. The predicted octanol–water partition coefficient (Wildman–Crippen LogP) is 13.0. The molecular weight excluding hydrogens is 733 g/mol. The Labute approximate surface area is 344 Å². The van der Waals surface area contributed by atoms with Crippen molar-refractivity contribution in [3.8, 4) is 57.9 Å². The van der Waals surface area contributed by atoms with Crippen molar-refractivity contribution >= 4 is 65.2 Å². The SMILES string of the molecule is N#Cc1ccc2c(c1)c1cc(C#N)ccc1n2-c1ccc2c(-c3ccccc3)c3cc(-n4c5ccc(C#N)cc5c5cc(C#N)ccc54)ccc3c(-c3ccccc3)c2c1. The molecule has 0 saturated heterocycles. The molecular formula is C54H28N6. The number of rotatable bonds is 4. The summed E-state index contributed by atoms with van der Waals surface area (Å²) in [7, 11) is 0. The van der Waals surface area contributed by atoms with E-state index in [1.807, 2.05) is 84.9 Å². The van der Waals surface area contributed by atoms with Crippen LogP contribution in [0.25, 0.3) is 98.8 Å². The van der Waals surface area contributed by atoms with Crippen LogP contribution in [0.3, 0.4) is 0 Å². The van der Waals surface area contributed by atoms with Gasteiger partial charge >= 0.3 is 0 Å². The summed E-state index contributed by atoms with van der Waals surface area (Å²) >= 11 is 0. The molecule has 0 atom stereocenters. The summed E-state index contributed by atoms with van der Waals surface area (Å²) in [6.45, 7) is 0. The molecule has 2 heterocycles. The van der Waals surface area contributed by atoms with Gasteiger partial charge < -0.3 is 9.13 Å². The molecule has 0 fully saturated rings. The van der Waals surface area contributed by atoms with Gasteiger partial charge in [0.25, 0.3) is 0 Å². The fourth-order valence-electron chi connectivity index (χ4n) is 9.20. The van der Waals surface area contributed by atoms with Gasteiger partial charge in [0.1, 0.15) is 0 Å². The van der Waals surface area contributed by atoms with E-state index in [1.54, 1.807) is 0 Å². The molecule has 0 aliphatic carbocycles. The zero-order valence-corrected chi connectivity index (χ0v) is 31.8. The van der Waals surface area contributed by atoms with Gasteiger partial charge in [-0.15, -0.1) is 0 Å². The van der Waals surface area contributed by atoms with Crippen molar-refractivity contribution in [2.24, 2.45) is 0 Å². The highest BCUT2D eigenvalue weighted by atomic mass is 15.0. The Balaban J connectivity index is 1.26. The largest absolute Gasteiger partial charge is 0.309 e. The first-order chi connectivity index (χ1) is 29.6. The predicted molar refractivity (Wildman–Crippen MR) is 240 cm³/mol. The number of benzene rings is 9. The van der Waals surface area contributed by atoms with Crippen LogP contribution in [0.1, 0.15) is 22.3 Å². The van der Waals surface area contributed by atoms with Crippen LogP contribution in [0.4, 0.5) is 0 Å². The highest BCUT2D eigenvalue weighted by Crippen LogP contribution is 2.46. The van der Waals surface area contributed by atoms with Gasteiger partial charge in [-0.25, -0.2) is 0 Å². The van der Waals surface area contributed by atoms with E-state index in [0.29, 0.717) is 22.3 Å². The molecule has 11 rings (SSSR count). The van der Waals surface area contributed by atoms with Gasteiger partial charge in [0.2, 0.25) is 0 Å². The smallest absolute Gasteiger partial charge is 0.0991 e. The van der Waals surface area contributed by atoms with Gasteiger partial charge in [-0.2, -0.15) is 21.0 Å². The van der Waals surface area contributed by atoms with Crippen LogP contribution in [-0.4, -0.2) is 9.13 Å². The Hall–Kier alpha value is -8.94. The lowest BCUT2D eigenvalue weighted by atomic mass is 9.85. The van der Waals surface area contributed by atoms with Crippen molar-refractivity contribution in [1.29, 1.82) is 21.0 Å². The summed E-state index contributed by atoms with van der Waals surface area (Å²) in [5.74, 6) is 0. The fraction of sp³-hybridized carbons (Fsp3) is 0. The molecule has 0 bridgehead atoms. The third-order valence-corrected chi connectivity index (χ3v) is 11.8. The van der Waals surface area contributed by atoms with Crippen LogP contribution >= 0.6 is 0 Å². The van der Waals surface area contributed by atoms with Gasteiger partial charge in [0.15, 0.2) is 0 Å². The first kappa shape index (κ1) is 34.3. The molecule has 11 aromatic rings. The molecule has 0 aliphatic heterocycles. The summed E-state index contributed by atoms with van der Waals surface area (Å²) < 4.78 is 4.46. The second-order valence-electron chi connectivity index (χ2n) is 15.0. The van der Waals surface area contributed by atoms with E-state index in [2.05, 4.69) is 118 Å². The Morgan fingerprint density at radius 3 is 0.900 bits per heavy atom. The lowest BCUT2D eigenvalue weighted by Gasteiger charge is -2.20. The third-order valence-electron chi connectivity index (χ3n) is 11.8. The average molecular weight is 761 g/mol. The molecule has 0 unspecified atom stereocenters. The number of hydrogen-bond acceptors (Lipinski definition) is 4. The summed E-state index contributed by atoms with van der Waals surface area (Å²) in [4.78, 5) is 0. The van der Waals surface area contributed by atoms with Gasteiger partial charge in [0, 0.05) is 32.9 Å². The molecule has 0 radical (unpaired) electrons. The van der Waals surface area contributed by atoms with E-state index < -0.39 is 0 Å². The van der Waals surface area contributed by atoms with Gasteiger partial charge in [0.05, 0.1) is 68.6 Å². The van der Waals surface area contributed by atoms with E-state index >= 15 is 0 Å². The second kappa shape index (κ2) is 13.3. The van der Waals surface area contributed by atoms with E-state index in [1.165, 1.54) is 0 Å². The monoisotopic (exact) mass is 760 g/mol. The van der Waals surface area contributed by atoms with Crippen molar-refractivity contribution in [2.45, 2.75) is 0 Å². The Morgan fingerprint density at radius 2 is 0.600 bits per heavy atom. The van der Waals surface area contributed by atoms with Crippen LogP contribution in [0.15, 0.2) is 170 Å². The molecule has 0 N–H and O–H groups in total. The van der Waals surface area contributed by atoms with Crippen LogP contribution in [0.5, 0.6) is 0 Å². The highest BCUT2D eigenvalue weighted by molar-refractivity contribution is 6.22. The molecule has 6 nitrogen and oxygen atoms in total. The van der Waals surface area contributed by atoms with Gasteiger partial charge in [-0.05, 0) is 141 Å². The molecule has 6 heteroatoms. The van der Waals surface area contributed by atoms with Crippen molar-refractivity contribution in [3.05, 3.63) is 192 Å². The maximum atomic E-state index is 9.83. The van der Waals surface area contributed by atoms with Crippen LogP contribution in [-0.2, 0) is 0 Å². The Kier molecular flexibility index (Phi) is 7.63. The minimum absolute atomic E-state index is 0.562. The number of hydrogen-bond donors (Lipinski definition) is 0. The van der Waals surface area contributed by atoms with Crippen LogP contribution < -0.4 is 0 Å². The second-order valence-corrected chi connectivity index (χ2v) is 15.0. The molecule has 9 aromatic carbocycles. The normalized spacial score (nSPS) is 11.3. The Morgan fingerprint density at radius 1 is 0.283 bits per heavy atom. The number of aromatic nitrogens is 2. The fourth-order valence-corrected chi connectivity index (χ4v) is 9.20. The number of nitrogens with zero attached hydrogens (tertiary/aromatic N) is 6. The topological polar surface area (TPSA) is 105 Å². The Bertz CT molecular complexity index is 3410. The number of nitriles is 4. The number of fused-ring (bicyclic) bond motifs is 8.